The third-order valence-electron chi connectivity index (χ3n) is 4.31. The zero-order chi connectivity index (χ0) is 20.5. The largest absolute Gasteiger partial charge is 0.493 e. The van der Waals surface area contributed by atoms with E-state index in [1.807, 2.05) is 19.9 Å². The van der Waals surface area contributed by atoms with Crippen LogP contribution in [0.2, 0.25) is 0 Å². The standard InChI is InChI=1S/C22H27BrN2O3/c1-4-6-12-28-20-11-10-17(23)14-19(20)22(27)25-18-9-7-8-16(13-18)21(26)24-15(3)5-2/h7-11,13-15H,4-6,12H2,1-3H3,(H,24,26)(H,25,27). The van der Waals surface area contributed by atoms with Crippen molar-refractivity contribution in [3.8, 4) is 5.75 Å². The normalized spacial score (nSPS) is 11.6. The van der Waals surface area contributed by atoms with Crippen molar-refractivity contribution in [3.63, 3.8) is 0 Å². The van der Waals surface area contributed by atoms with Gasteiger partial charge in [-0.25, -0.2) is 0 Å². The van der Waals surface area contributed by atoms with Gasteiger partial charge in [0.1, 0.15) is 5.75 Å². The second-order valence-electron chi connectivity index (χ2n) is 6.66. The molecule has 0 heterocycles. The highest BCUT2D eigenvalue weighted by Crippen LogP contribution is 2.25. The first-order valence-corrected chi connectivity index (χ1v) is 10.4. The number of carbonyl (C=O) groups is 2. The van der Waals surface area contributed by atoms with Crippen LogP contribution in [0.15, 0.2) is 46.9 Å². The lowest BCUT2D eigenvalue weighted by Gasteiger charge is -2.14. The molecule has 0 aliphatic carbocycles. The summed E-state index contributed by atoms with van der Waals surface area (Å²) in [5.74, 6) is 0.101. The minimum absolute atomic E-state index is 0.0928. The molecule has 0 aliphatic rings. The molecule has 0 bridgehead atoms. The van der Waals surface area contributed by atoms with Gasteiger partial charge in [-0.05, 0) is 56.2 Å². The second-order valence-corrected chi connectivity index (χ2v) is 7.58. The lowest BCUT2D eigenvalue weighted by Crippen LogP contribution is -2.31. The average Bonchev–Trinajstić information content (AvgIpc) is 2.69. The van der Waals surface area contributed by atoms with Crippen LogP contribution in [0, 0.1) is 0 Å². The summed E-state index contributed by atoms with van der Waals surface area (Å²) in [6.07, 6.45) is 2.79. The lowest BCUT2D eigenvalue weighted by atomic mass is 10.1. The monoisotopic (exact) mass is 446 g/mol. The molecule has 0 aliphatic heterocycles. The second kappa shape index (κ2) is 10.9. The number of rotatable bonds is 9. The van der Waals surface area contributed by atoms with Crippen molar-refractivity contribution < 1.29 is 14.3 Å². The predicted molar refractivity (Wildman–Crippen MR) is 116 cm³/mol. The van der Waals surface area contributed by atoms with Gasteiger partial charge in [0, 0.05) is 21.8 Å². The van der Waals surface area contributed by atoms with E-state index in [1.54, 1.807) is 36.4 Å². The van der Waals surface area contributed by atoms with Gasteiger partial charge in [0.25, 0.3) is 11.8 Å². The number of nitrogens with one attached hydrogen (secondary N) is 2. The predicted octanol–water partition coefficient (Wildman–Crippen LogP) is 5.41. The van der Waals surface area contributed by atoms with Crippen LogP contribution in [0.4, 0.5) is 5.69 Å². The highest BCUT2D eigenvalue weighted by molar-refractivity contribution is 9.10. The number of halogens is 1. The fourth-order valence-electron chi connectivity index (χ4n) is 2.48. The lowest BCUT2D eigenvalue weighted by molar-refractivity contribution is 0.0938. The molecular weight excluding hydrogens is 420 g/mol. The van der Waals surface area contributed by atoms with Crippen molar-refractivity contribution in [3.05, 3.63) is 58.1 Å². The van der Waals surface area contributed by atoms with Gasteiger partial charge >= 0.3 is 0 Å². The van der Waals surface area contributed by atoms with E-state index in [1.165, 1.54) is 0 Å². The molecule has 2 rings (SSSR count). The first-order chi connectivity index (χ1) is 13.4. The van der Waals surface area contributed by atoms with Crippen molar-refractivity contribution in [2.24, 2.45) is 0 Å². The Morgan fingerprint density at radius 1 is 1.11 bits per heavy atom. The Labute approximate surface area is 175 Å². The SMILES string of the molecule is CCCCOc1ccc(Br)cc1C(=O)Nc1cccc(C(=O)NC(C)CC)c1. The highest BCUT2D eigenvalue weighted by atomic mass is 79.9. The van der Waals surface area contributed by atoms with Crippen LogP contribution < -0.4 is 15.4 Å². The minimum atomic E-state index is -0.285. The number of amides is 2. The molecular formula is C22H27BrN2O3. The average molecular weight is 447 g/mol. The first kappa shape index (κ1) is 22.0. The van der Waals surface area contributed by atoms with Gasteiger partial charge in [0.15, 0.2) is 0 Å². The van der Waals surface area contributed by atoms with Crippen molar-refractivity contribution in [2.45, 2.75) is 46.1 Å². The van der Waals surface area contributed by atoms with Crippen LogP contribution in [0.25, 0.3) is 0 Å². The molecule has 5 nitrogen and oxygen atoms in total. The van der Waals surface area contributed by atoms with Gasteiger partial charge in [-0.3, -0.25) is 9.59 Å². The fraction of sp³-hybridized carbons (Fsp3) is 0.364. The van der Waals surface area contributed by atoms with E-state index < -0.39 is 0 Å². The number of benzene rings is 2. The Balaban J connectivity index is 2.15. The molecule has 2 aromatic carbocycles. The zero-order valence-electron chi connectivity index (χ0n) is 16.5. The zero-order valence-corrected chi connectivity index (χ0v) is 18.1. The molecule has 2 N–H and O–H groups in total. The van der Waals surface area contributed by atoms with E-state index >= 15 is 0 Å². The van der Waals surface area contributed by atoms with Crippen LogP contribution in [0.3, 0.4) is 0 Å². The number of hydrogen-bond acceptors (Lipinski definition) is 3. The Hall–Kier alpha value is -2.34. The summed E-state index contributed by atoms with van der Waals surface area (Å²) in [5, 5.41) is 5.78. The maximum Gasteiger partial charge on any atom is 0.259 e. The maximum absolute atomic E-state index is 12.8. The molecule has 1 atom stereocenters. The fourth-order valence-corrected chi connectivity index (χ4v) is 2.84. The number of anilines is 1. The molecule has 150 valence electrons. The molecule has 0 fully saturated rings. The molecule has 2 aromatic rings. The van der Waals surface area contributed by atoms with Gasteiger partial charge in [-0.2, -0.15) is 0 Å². The summed E-state index contributed by atoms with van der Waals surface area (Å²) in [4.78, 5) is 25.1. The summed E-state index contributed by atoms with van der Waals surface area (Å²) in [6, 6.07) is 12.4. The summed E-state index contributed by atoms with van der Waals surface area (Å²) in [5.41, 5.74) is 1.51. The Bertz CT molecular complexity index is 823. The quantitative estimate of drug-likeness (QED) is 0.506. The Morgan fingerprint density at radius 2 is 1.89 bits per heavy atom. The van der Waals surface area contributed by atoms with Crippen molar-refractivity contribution in [2.75, 3.05) is 11.9 Å². The number of unbranched alkanes of at least 4 members (excludes halogenated alkanes) is 1. The van der Waals surface area contributed by atoms with E-state index in [9.17, 15) is 9.59 Å². The highest BCUT2D eigenvalue weighted by Gasteiger charge is 2.15. The van der Waals surface area contributed by atoms with Crippen LogP contribution >= 0.6 is 15.9 Å². The summed E-state index contributed by atoms with van der Waals surface area (Å²) < 4.78 is 6.56. The van der Waals surface area contributed by atoms with E-state index in [0.29, 0.717) is 29.2 Å². The smallest absolute Gasteiger partial charge is 0.259 e. The third kappa shape index (κ3) is 6.37. The topological polar surface area (TPSA) is 67.4 Å². The molecule has 6 heteroatoms. The Morgan fingerprint density at radius 3 is 2.61 bits per heavy atom. The van der Waals surface area contributed by atoms with Crippen molar-refractivity contribution in [1.82, 2.24) is 5.32 Å². The number of ether oxygens (including phenoxy) is 1. The van der Waals surface area contributed by atoms with Crippen LogP contribution in [-0.2, 0) is 0 Å². The van der Waals surface area contributed by atoms with E-state index in [0.717, 1.165) is 23.7 Å². The number of carbonyl (C=O) groups excluding carboxylic acids is 2. The molecule has 0 spiro atoms. The van der Waals surface area contributed by atoms with Gasteiger partial charge < -0.3 is 15.4 Å². The first-order valence-electron chi connectivity index (χ1n) is 9.59. The van der Waals surface area contributed by atoms with Crippen LogP contribution in [-0.4, -0.2) is 24.5 Å². The third-order valence-corrected chi connectivity index (χ3v) is 4.81. The molecule has 28 heavy (non-hydrogen) atoms. The summed E-state index contributed by atoms with van der Waals surface area (Å²) >= 11 is 3.40. The van der Waals surface area contributed by atoms with Crippen LogP contribution in [0.5, 0.6) is 5.75 Å². The molecule has 2 amide bonds. The van der Waals surface area contributed by atoms with Crippen molar-refractivity contribution >= 4 is 33.4 Å². The van der Waals surface area contributed by atoms with Gasteiger partial charge in [0.05, 0.1) is 12.2 Å². The van der Waals surface area contributed by atoms with Gasteiger partial charge in [-0.1, -0.05) is 42.3 Å². The molecule has 0 radical (unpaired) electrons. The van der Waals surface area contributed by atoms with E-state index in [2.05, 4.69) is 33.5 Å². The molecule has 0 saturated carbocycles. The number of hydrogen-bond donors (Lipinski definition) is 2. The summed E-state index contributed by atoms with van der Waals surface area (Å²) in [6.45, 7) is 6.61. The summed E-state index contributed by atoms with van der Waals surface area (Å²) in [7, 11) is 0. The van der Waals surface area contributed by atoms with Crippen LogP contribution in [0.1, 0.15) is 60.7 Å². The molecule has 0 saturated heterocycles. The van der Waals surface area contributed by atoms with E-state index in [4.69, 9.17) is 4.74 Å². The van der Waals surface area contributed by atoms with Gasteiger partial charge in [-0.15, -0.1) is 0 Å². The maximum atomic E-state index is 12.8. The van der Waals surface area contributed by atoms with Crippen molar-refractivity contribution in [1.29, 1.82) is 0 Å². The molecule has 1 unspecified atom stereocenters. The van der Waals surface area contributed by atoms with E-state index in [-0.39, 0.29) is 17.9 Å². The van der Waals surface area contributed by atoms with Gasteiger partial charge in [0.2, 0.25) is 0 Å². The minimum Gasteiger partial charge on any atom is -0.493 e. The Kier molecular flexibility index (Phi) is 8.51. The molecule has 0 aromatic heterocycles.